The summed E-state index contributed by atoms with van der Waals surface area (Å²) in [7, 11) is 0. The molecule has 1 aromatic heterocycles. The number of nitrogens with zero attached hydrogens (tertiary/aromatic N) is 1. The molecule has 0 atom stereocenters. The monoisotopic (exact) mass is 759 g/mol. The highest BCUT2D eigenvalue weighted by Gasteiger charge is 2.59. The van der Waals surface area contributed by atoms with Gasteiger partial charge in [0.15, 0.2) is 0 Å². The van der Waals surface area contributed by atoms with E-state index in [4.69, 9.17) is 4.98 Å². The van der Waals surface area contributed by atoms with Gasteiger partial charge in [0.25, 0.3) is 0 Å². The fourth-order valence-corrected chi connectivity index (χ4v) is 11.5. The number of benzene rings is 9. The van der Waals surface area contributed by atoms with Crippen LogP contribution in [0.15, 0.2) is 224 Å². The highest BCUT2D eigenvalue weighted by atomic mass is 14.7. The second-order valence-corrected chi connectivity index (χ2v) is 16.5. The molecule has 60 heavy (non-hydrogen) atoms. The molecule has 0 amide bonds. The van der Waals surface area contributed by atoms with E-state index < -0.39 is 10.8 Å². The van der Waals surface area contributed by atoms with E-state index in [9.17, 15) is 0 Å². The van der Waals surface area contributed by atoms with Crippen LogP contribution in [0.5, 0.6) is 0 Å². The Morgan fingerprint density at radius 1 is 0.267 bits per heavy atom. The molecule has 3 aliphatic rings. The molecule has 0 fully saturated rings. The van der Waals surface area contributed by atoms with Gasteiger partial charge in [-0.1, -0.05) is 212 Å². The highest BCUT2D eigenvalue weighted by Crippen LogP contribution is 2.68. The van der Waals surface area contributed by atoms with Gasteiger partial charge < -0.3 is 0 Å². The second-order valence-electron chi connectivity index (χ2n) is 16.5. The summed E-state index contributed by atoms with van der Waals surface area (Å²) in [5.41, 5.74) is 22.5. The van der Waals surface area contributed by atoms with Crippen molar-refractivity contribution in [1.29, 1.82) is 0 Å². The van der Waals surface area contributed by atoms with Gasteiger partial charge >= 0.3 is 0 Å². The van der Waals surface area contributed by atoms with E-state index in [-0.39, 0.29) is 0 Å². The lowest BCUT2D eigenvalue weighted by Gasteiger charge is -2.49. The summed E-state index contributed by atoms with van der Waals surface area (Å²) in [5.74, 6) is 0. The molecule has 278 valence electrons. The average Bonchev–Trinajstić information content (AvgIpc) is 3.79. The topological polar surface area (TPSA) is 12.9 Å². The molecule has 0 saturated carbocycles. The standard InChI is InChI=1S/C59H37N/c1-2-17-38(18-3-1)39-33-35-40(36-34-39)47-37-56(60-55-32-15-8-23-45(47)55)46-24-16-31-54-57(46)59(50-27-11-6-21-43(50)44-22-7-12-28-51(44)59)53-30-14-13-29-52(53)58(54)48-25-9-4-19-41(48)42-20-5-10-26-49(42)58/h1-37H. The zero-order chi connectivity index (χ0) is 39.4. The molecule has 13 rings (SSSR count). The van der Waals surface area contributed by atoms with Crippen molar-refractivity contribution in [1.82, 2.24) is 4.98 Å². The first-order valence-electron chi connectivity index (χ1n) is 21.0. The highest BCUT2D eigenvalue weighted by molar-refractivity contribution is 6.00. The first-order chi connectivity index (χ1) is 29.8. The maximum Gasteiger partial charge on any atom is 0.0726 e. The minimum absolute atomic E-state index is 0.556. The SMILES string of the molecule is c1ccc(-c2ccc(-c3cc(-c4cccc5c4C4(c6ccccc6-c6ccccc64)c4ccccc4C54c5ccccc5-c5ccccc54)nc4ccccc34)cc2)cc1. The molecule has 0 N–H and O–H groups in total. The summed E-state index contributed by atoms with van der Waals surface area (Å²) in [6, 6.07) is 83.6. The van der Waals surface area contributed by atoms with Gasteiger partial charge in [-0.2, -0.15) is 0 Å². The van der Waals surface area contributed by atoms with E-state index in [1.54, 1.807) is 0 Å². The Kier molecular flexibility index (Phi) is 6.92. The first-order valence-corrected chi connectivity index (χ1v) is 21.0. The first kappa shape index (κ1) is 33.4. The van der Waals surface area contributed by atoms with Crippen LogP contribution in [0.2, 0.25) is 0 Å². The number of hydrogen-bond acceptors (Lipinski definition) is 1. The predicted molar refractivity (Wildman–Crippen MR) is 246 cm³/mol. The van der Waals surface area contributed by atoms with E-state index in [1.165, 1.54) is 89.0 Å². The third kappa shape index (κ3) is 4.23. The van der Waals surface area contributed by atoms with E-state index in [0.717, 1.165) is 22.2 Å². The molecule has 0 saturated heterocycles. The summed E-state index contributed by atoms with van der Waals surface area (Å²) in [4.78, 5) is 5.63. The van der Waals surface area contributed by atoms with Crippen molar-refractivity contribution in [2.45, 2.75) is 10.8 Å². The van der Waals surface area contributed by atoms with Gasteiger partial charge in [-0.25, -0.2) is 4.98 Å². The Hall–Kier alpha value is -7.61. The van der Waals surface area contributed by atoms with Gasteiger partial charge in [0, 0.05) is 10.9 Å². The molecular weight excluding hydrogens is 723 g/mol. The molecule has 2 spiro atoms. The molecule has 1 heterocycles. The molecule has 0 aliphatic heterocycles. The summed E-state index contributed by atoms with van der Waals surface area (Å²) < 4.78 is 0. The number of hydrogen-bond donors (Lipinski definition) is 0. The van der Waals surface area contributed by atoms with Crippen LogP contribution in [-0.2, 0) is 10.8 Å². The summed E-state index contributed by atoms with van der Waals surface area (Å²) >= 11 is 0. The summed E-state index contributed by atoms with van der Waals surface area (Å²) in [6.45, 7) is 0. The fraction of sp³-hybridized carbons (Fsp3) is 0.0339. The quantitative estimate of drug-likeness (QED) is 0.175. The van der Waals surface area contributed by atoms with Crippen LogP contribution in [-0.4, -0.2) is 4.98 Å². The van der Waals surface area contributed by atoms with Gasteiger partial charge in [-0.15, -0.1) is 0 Å². The van der Waals surface area contributed by atoms with Crippen molar-refractivity contribution in [2.24, 2.45) is 0 Å². The maximum absolute atomic E-state index is 5.63. The Balaban J connectivity index is 1.18. The van der Waals surface area contributed by atoms with Crippen molar-refractivity contribution in [2.75, 3.05) is 0 Å². The van der Waals surface area contributed by atoms with Crippen LogP contribution in [0.4, 0.5) is 0 Å². The Morgan fingerprint density at radius 3 is 1.28 bits per heavy atom. The van der Waals surface area contributed by atoms with Crippen molar-refractivity contribution >= 4 is 10.9 Å². The van der Waals surface area contributed by atoms with E-state index in [1.807, 2.05) is 0 Å². The van der Waals surface area contributed by atoms with Crippen molar-refractivity contribution in [3.05, 3.63) is 269 Å². The van der Waals surface area contributed by atoms with E-state index in [2.05, 4.69) is 224 Å². The van der Waals surface area contributed by atoms with Crippen LogP contribution in [0.25, 0.3) is 66.7 Å². The van der Waals surface area contributed by atoms with Gasteiger partial charge in [-0.05, 0) is 101 Å². The minimum atomic E-state index is -0.613. The van der Waals surface area contributed by atoms with Gasteiger partial charge in [0.1, 0.15) is 0 Å². The molecule has 0 bridgehead atoms. The lowest BCUT2D eigenvalue weighted by Crippen LogP contribution is -2.44. The largest absolute Gasteiger partial charge is 0.248 e. The third-order valence-corrected chi connectivity index (χ3v) is 13.8. The van der Waals surface area contributed by atoms with Gasteiger partial charge in [-0.3, -0.25) is 0 Å². The Bertz CT molecular complexity index is 3280. The lowest BCUT2D eigenvalue weighted by molar-refractivity contribution is 0.634. The normalized spacial score (nSPS) is 14.3. The van der Waals surface area contributed by atoms with Crippen LogP contribution in [0.1, 0.15) is 44.5 Å². The smallest absolute Gasteiger partial charge is 0.0726 e. The number of rotatable bonds is 3. The molecule has 0 radical (unpaired) electrons. The maximum atomic E-state index is 5.63. The van der Waals surface area contributed by atoms with E-state index >= 15 is 0 Å². The van der Waals surface area contributed by atoms with Crippen LogP contribution >= 0.6 is 0 Å². The molecule has 1 heteroatoms. The molecule has 10 aromatic rings. The van der Waals surface area contributed by atoms with Crippen LogP contribution in [0.3, 0.4) is 0 Å². The minimum Gasteiger partial charge on any atom is -0.248 e. The second kappa shape index (κ2) is 12.4. The molecule has 0 unspecified atom stereocenters. The number of aromatic nitrogens is 1. The molecular formula is C59H37N. The van der Waals surface area contributed by atoms with E-state index in [0.29, 0.717) is 0 Å². The average molecular weight is 760 g/mol. The van der Waals surface area contributed by atoms with Gasteiger partial charge in [0.05, 0.1) is 22.0 Å². The number of para-hydroxylation sites is 1. The lowest BCUT2D eigenvalue weighted by atomic mass is 9.51. The van der Waals surface area contributed by atoms with Crippen molar-refractivity contribution in [3.8, 4) is 55.8 Å². The zero-order valence-electron chi connectivity index (χ0n) is 32.8. The van der Waals surface area contributed by atoms with Crippen LogP contribution in [0, 0.1) is 0 Å². The third-order valence-electron chi connectivity index (χ3n) is 13.8. The summed E-state index contributed by atoms with van der Waals surface area (Å²) in [5, 5.41) is 1.14. The zero-order valence-corrected chi connectivity index (χ0v) is 32.8. The molecule has 3 aliphatic carbocycles. The Labute approximate surface area is 350 Å². The summed E-state index contributed by atoms with van der Waals surface area (Å²) in [6.07, 6.45) is 0. The molecule has 9 aromatic carbocycles. The molecule has 1 nitrogen and oxygen atoms in total. The Morgan fingerprint density at radius 2 is 0.683 bits per heavy atom. The van der Waals surface area contributed by atoms with Crippen molar-refractivity contribution in [3.63, 3.8) is 0 Å². The van der Waals surface area contributed by atoms with Crippen molar-refractivity contribution < 1.29 is 0 Å². The van der Waals surface area contributed by atoms with Gasteiger partial charge in [0.2, 0.25) is 0 Å². The fourth-order valence-electron chi connectivity index (χ4n) is 11.5. The number of fused-ring (bicyclic) bond motifs is 17. The number of pyridine rings is 1. The van der Waals surface area contributed by atoms with Crippen LogP contribution < -0.4 is 0 Å². The predicted octanol–water partition coefficient (Wildman–Crippen LogP) is 14.3.